The fraction of sp³-hybridized carbons (Fsp3) is 0.438. The topological polar surface area (TPSA) is 88.3 Å². The van der Waals surface area contributed by atoms with Gasteiger partial charge in [0.15, 0.2) is 0 Å². The summed E-state index contributed by atoms with van der Waals surface area (Å²) in [5.74, 6) is 0.190. The Kier molecular flexibility index (Phi) is 3.27. The molecule has 0 saturated carbocycles. The summed E-state index contributed by atoms with van der Waals surface area (Å²) in [7, 11) is 0. The first-order chi connectivity index (χ1) is 10.2. The highest BCUT2D eigenvalue weighted by molar-refractivity contribution is 5.47. The molecule has 1 aromatic rings. The zero-order valence-corrected chi connectivity index (χ0v) is 12.2. The summed E-state index contributed by atoms with van der Waals surface area (Å²) in [5, 5.41) is 29.3. The number of rotatable bonds is 1. The lowest BCUT2D eigenvalue weighted by Gasteiger charge is -2.34. The molecule has 0 bridgehead atoms. The SMILES string of the molecule is CC1=C(C#N)C(C2CCc3[nH]ncc3C2)C(C#N)=C(C)N1. The maximum Gasteiger partial charge on any atom is 0.0972 e. The van der Waals surface area contributed by atoms with Crippen LogP contribution < -0.4 is 5.32 Å². The smallest absolute Gasteiger partial charge is 0.0972 e. The van der Waals surface area contributed by atoms with Crippen LogP contribution in [-0.4, -0.2) is 10.2 Å². The largest absolute Gasteiger partial charge is 0.361 e. The van der Waals surface area contributed by atoms with Crippen molar-refractivity contribution in [3.63, 3.8) is 0 Å². The second-order valence-electron chi connectivity index (χ2n) is 5.78. The van der Waals surface area contributed by atoms with Crippen molar-refractivity contribution in [1.82, 2.24) is 15.5 Å². The van der Waals surface area contributed by atoms with Crippen LogP contribution in [-0.2, 0) is 12.8 Å². The number of hydrogen-bond acceptors (Lipinski definition) is 4. The fourth-order valence-electron chi connectivity index (χ4n) is 3.53. The minimum absolute atomic E-state index is 0.0932. The molecule has 1 atom stereocenters. The molecule has 2 heterocycles. The van der Waals surface area contributed by atoms with E-state index in [0.717, 1.165) is 30.7 Å². The third kappa shape index (κ3) is 2.11. The van der Waals surface area contributed by atoms with Crippen molar-refractivity contribution in [2.75, 3.05) is 0 Å². The Bertz CT molecular complexity index is 687. The van der Waals surface area contributed by atoms with Crippen LogP contribution in [0.2, 0.25) is 0 Å². The number of hydrogen-bond donors (Lipinski definition) is 2. The molecule has 2 N–H and O–H groups in total. The molecule has 3 rings (SSSR count). The number of aryl methyl sites for hydroxylation is 1. The molecule has 1 unspecified atom stereocenters. The second-order valence-corrected chi connectivity index (χ2v) is 5.78. The summed E-state index contributed by atoms with van der Waals surface area (Å²) >= 11 is 0. The van der Waals surface area contributed by atoms with Crippen molar-refractivity contribution >= 4 is 0 Å². The predicted molar refractivity (Wildman–Crippen MR) is 77.4 cm³/mol. The Balaban J connectivity index is 2.00. The van der Waals surface area contributed by atoms with Gasteiger partial charge in [-0.2, -0.15) is 15.6 Å². The summed E-state index contributed by atoms with van der Waals surface area (Å²) in [5.41, 5.74) is 5.56. The van der Waals surface area contributed by atoms with Gasteiger partial charge in [-0.3, -0.25) is 5.10 Å². The van der Waals surface area contributed by atoms with Crippen LogP contribution in [0.1, 0.15) is 31.5 Å². The Morgan fingerprint density at radius 2 is 1.86 bits per heavy atom. The van der Waals surface area contributed by atoms with Gasteiger partial charge in [-0.1, -0.05) is 0 Å². The van der Waals surface area contributed by atoms with Gasteiger partial charge in [-0.25, -0.2) is 0 Å². The van der Waals surface area contributed by atoms with E-state index in [1.165, 1.54) is 11.3 Å². The molecule has 2 aliphatic rings. The first-order valence-electron chi connectivity index (χ1n) is 7.15. The number of aromatic amines is 1. The number of allylic oxidation sites excluding steroid dienone is 4. The Hall–Kier alpha value is -2.53. The highest BCUT2D eigenvalue weighted by Gasteiger charge is 2.36. The first kappa shape index (κ1) is 13.5. The third-order valence-corrected chi connectivity index (χ3v) is 4.57. The van der Waals surface area contributed by atoms with E-state index in [0.29, 0.717) is 11.1 Å². The van der Waals surface area contributed by atoms with Crippen molar-refractivity contribution in [1.29, 1.82) is 10.5 Å². The van der Waals surface area contributed by atoms with Crippen LogP contribution in [0.15, 0.2) is 28.7 Å². The lowest BCUT2D eigenvalue weighted by Crippen LogP contribution is -2.32. The highest BCUT2D eigenvalue weighted by Crippen LogP contribution is 2.40. The van der Waals surface area contributed by atoms with Gasteiger partial charge in [0.25, 0.3) is 0 Å². The van der Waals surface area contributed by atoms with Gasteiger partial charge < -0.3 is 5.32 Å². The minimum atomic E-state index is -0.0932. The number of nitrogens with one attached hydrogen (secondary N) is 2. The maximum atomic E-state index is 9.52. The normalized spacial score (nSPS) is 22.4. The summed E-state index contributed by atoms with van der Waals surface area (Å²) in [4.78, 5) is 0. The van der Waals surface area contributed by atoms with E-state index in [-0.39, 0.29) is 11.8 Å². The summed E-state index contributed by atoms with van der Waals surface area (Å²) in [6.45, 7) is 3.82. The van der Waals surface area contributed by atoms with Gasteiger partial charge >= 0.3 is 0 Å². The number of H-pyrrole nitrogens is 1. The minimum Gasteiger partial charge on any atom is -0.361 e. The van der Waals surface area contributed by atoms with Crippen molar-refractivity contribution in [2.24, 2.45) is 11.8 Å². The van der Waals surface area contributed by atoms with E-state index in [2.05, 4.69) is 27.7 Å². The van der Waals surface area contributed by atoms with E-state index in [9.17, 15) is 10.5 Å². The molecule has 0 fully saturated rings. The molecule has 21 heavy (non-hydrogen) atoms. The summed E-state index contributed by atoms with van der Waals surface area (Å²) < 4.78 is 0. The summed E-state index contributed by atoms with van der Waals surface area (Å²) in [6.07, 6.45) is 4.64. The number of dihydropyridines is 1. The molecule has 1 aliphatic carbocycles. The molecule has 106 valence electrons. The maximum absolute atomic E-state index is 9.52. The van der Waals surface area contributed by atoms with Gasteiger partial charge in [0.05, 0.1) is 29.5 Å². The van der Waals surface area contributed by atoms with Crippen LogP contribution in [0.4, 0.5) is 0 Å². The van der Waals surface area contributed by atoms with Crippen LogP contribution in [0.5, 0.6) is 0 Å². The lowest BCUT2D eigenvalue weighted by molar-refractivity contribution is 0.373. The second kappa shape index (κ2) is 5.10. The van der Waals surface area contributed by atoms with Crippen molar-refractivity contribution in [3.8, 4) is 12.1 Å². The van der Waals surface area contributed by atoms with E-state index in [1.54, 1.807) is 0 Å². The first-order valence-corrected chi connectivity index (χ1v) is 7.15. The average molecular weight is 279 g/mol. The van der Waals surface area contributed by atoms with Crippen molar-refractivity contribution in [3.05, 3.63) is 40.0 Å². The number of aromatic nitrogens is 2. The quantitative estimate of drug-likeness (QED) is 0.825. The van der Waals surface area contributed by atoms with Crippen LogP contribution in [0.3, 0.4) is 0 Å². The van der Waals surface area contributed by atoms with Gasteiger partial charge in [0.2, 0.25) is 0 Å². The Labute approximate surface area is 124 Å². The van der Waals surface area contributed by atoms with Crippen molar-refractivity contribution < 1.29 is 0 Å². The monoisotopic (exact) mass is 279 g/mol. The number of fused-ring (bicyclic) bond motifs is 1. The van der Waals surface area contributed by atoms with Gasteiger partial charge in [0, 0.05) is 23.0 Å². The number of nitriles is 2. The lowest BCUT2D eigenvalue weighted by atomic mass is 9.71. The van der Waals surface area contributed by atoms with Crippen molar-refractivity contribution in [2.45, 2.75) is 33.1 Å². The molecular weight excluding hydrogens is 262 g/mol. The zero-order chi connectivity index (χ0) is 15.0. The van der Waals surface area contributed by atoms with Gasteiger partial charge in [-0.05, 0) is 44.6 Å². The molecule has 0 amide bonds. The molecule has 0 radical (unpaired) electrons. The predicted octanol–water partition coefficient (Wildman–Crippen LogP) is 2.33. The average Bonchev–Trinajstić information content (AvgIpc) is 2.93. The van der Waals surface area contributed by atoms with E-state index in [4.69, 9.17) is 0 Å². The number of nitrogens with zero attached hydrogens (tertiary/aromatic N) is 3. The Morgan fingerprint density at radius 3 is 2.48 bits per heavy atom. The van der Waals surface area contributed by atoms with E-state index in [1.807, 2.05) is 20.0 Å². The molecule has 0 saturated heterocycles. The van der Waals surface area contributed by atoms with Crippen LogP contribution in [0, 0.1) is 34.5 Å². The molecular formula is C16H17N5. The van der Waals surface area contributed by atoms with Gasteiger partial charge in [0.1, 0.15) is 0 Å². The van der Waals surface area contributed by atoms with Gasteiger partial charge in [-0.15, -0.1) is 0 Å². The molecule has 1 aliphatic heterocycles. The van der Waals surface area contributed by atoms with Crippen LogP contribution in [0.25, 0.3) is 0 Å². The molecule has 5 nitrogen and oxygen atoms in total. The zero-order valence-electron chi connectivity index (χ0n) is 12.2. The Morgan fingerprint density at radius 1 is 1.19 bits per heavy atom. The molecule has 5 heteroatoms. The third-order valence-electron chi connectivity index (χ3n) is 4.57. The van der Waals surface area contributed by atoms with E-state index < -0.39 is 0 Å². The molecule has 0 aromatic carbocycles. The summed E-state index contributed by atoms with van der Waals surface area (Å²) in [6, 6.07) is 4.62. The fourth-order valence-corrected chi connectivity index (χ4v) is 3.53. The standard InChI is InChI=1S/C16H17N5/c1-9-13(6-17)16(14(7-18)10(2)20-9)11-3-4-15-12(5-11)8-19-21-15/h8,11,16,20H,3-5H2,1-2H3,(H,19,21). The highest BCUT2D eigenvalue weighted by atomic mass is 15.1. The van der Waals surface area contributed by atoms with E-state index >= 15 is 0 Å². The molecule has 1 aromatic heterocycles. The van der Waals surface area contributed by atoms with Crippen LogP contribution >= 0.6 is 0 Å². The molecule has 0 spiro atoms.